The Kier molecular flexibility index (Phi) is 8.44. The molecule has 3 N–H and O–H groups in total. The van der Waals surface area contributed by atoms with E-state index in [-0.39, 0.29) is 0 Å². The van der Waals surface area contributed by atoms with Crippen molar-refractivity contribution in [1.82, 2.24) is 20.2 Å². The number of likely N-dealkylation sites (tertiary alicyclic amines) is 1. The van der Waals surface area contributed by atoms with Crippen LogP contribution in [0.2, 0.25) is 5.02 Å². The van der Waals surface area contributed by atoms with Gasteiger partial charge in [0.1, 0.15) is 5.02 Å². The van der Waals surface area contributed by atoms with Crippen LogP contribution >= 0.6 is 11.6 Å². The SMILES string of the molecule is CNCc1ccccc1Nc1nc(Nc2ccc(N3CCC(N4CCCCC4)CC3)cc2C)ncc1Cl. The Morgan fingerprint density at radius 3 is 2.49 bits per heavy atom. The largest absolute Gasteiger partial charge is 0.371 e. The first-order valence-electron chi connectivity index (χ1n) is 13.5. The van der Waals surface area contributed by atoms with Gasteiger partial charge in [-0.15, -0.1) is 0 Å². The van der Waals surface area contributed by atoms with Gasteiger partial charge in [-0.2, -0.15) is 4.98 Å². The van der Waals surface area contributed by atoms with Crippen molar-refractivity contribution in [3.05, 3.63) is 64.8 Å². The highest BCUT2D eigenvalue weighted by molar-refractivity contribution is 6.32. The fraction of sp³-hybridized carbons (Fsp3) is 0.448. The summed E-state index contributed by atoms with van der Waals surface area (Å²) in [6, 6.07) is 15.5. The predicted octanol–water partition coefficient (Wildman–Crippen LogP) is 6.10. The van der Waals surface area contributed by atoms with E-state index in [1.807, 2.05) is 25.2 Å². The Morgan fingerprint density at radius 2 is 1.73 bits per heavy atom. The number of anilines is 5. The summed E-state index contributed by atoms with van der Waals surface area (Å²) in [5.41, 5.74) is 5.56. The van der Waals surface area contributed by atoms with E-state index in [9.17, 15) is 0 Å². The normalized spacial score (nSPS) is 17.1. The molecule has 1 aromatic heterocycles. The molecule has 0 aliphatic carbocycles. The van der Waals surface area contributed by atoms with Gasteiger partial charge in [-0.3, -0.25) is 0 Å². The van der Waals surface area contributed by atoms with Crippen molar-refractivity contribution in [2.75, 3.05) is 48.8 Å². The van der Waals surface area contributed by atoms with E-state index in [0.29, 0.717) is 16.8 Å². The van der Waals surface area contributed by atoms with Crippen molar-refractivity contribution in [3.8, 4) is 0 Å². The minimum atomic E-state index is 0.477. The Morgan fingerprint density at radius 1 is 0.946 bits per heavy atom. The van der Waals surface area contributed by atoms with Crippen molar-refractivity contribution in [2.45, 2.75) is 51.6 Å². The van der Waals surface area contributed by atoms with Crippen LogP contribution in [-0.4, -0.2) is 54.1 Å². The summed E-state index contributed by atoms with van der Waals surface area (Å²) in [5.74, 6) is 1.09. The molecule has 0 unspecified atom stereocenters. The lowest BCUT2D eigenvalue weighted by molar-refractivity contribution is 0.141. The van der Waals surface area contributed by atoms with Crippen molar-refractivity contribution < 1.29 is 0 Å². The standard InChI is InChI=1S/C29H38ClN7/c1-21-18-24(37-16-12-23(13-17-37)36-14-6-3-7-15-36)10-11-26(21)34-29-32-20-25(30)28(35-29)33-27-9-5-4-8-22(27)19-31-2/h4-5,8-11,18,20,23,31H,3,6-7,12-17,19H2,1-2H3,(H2,32,33,34,35). The van der Waals surface area contributed by atoms with Crippen LogP contribution in [0.25, 0.3) is 0 Å². The van der Waals surface area contributed by atoms with Crippen LogP contribution in [0, 0.1) is 6.92 Å². The molecular weight excluding hydrogens is 482 g/mol. The number of para-hydroxylation sites is 1. The first-order chi connectivity index (χ1) is 18.1. The molecule has 0 amide bonds. The molecule has 5 rings (SSSR count). The van der Waals surface area contributed by atoms with Crippen LogP contribution < -0.4 is 20.9 Å². The molecule has 3 heterocycles. The van der Waals surface area contributed by atoms with Gasteiger partial charge in [0, 0.05) is 42.7 Å². The summed E-state index contributed by atoms with van der Waals surface area (Å²) >= 11 is 6.44. The highest BCUT2D eigenvalue weighted by Gasteiger charge is 2.25. The van der Waals surface area contributed by atoms with Gasteiger partial charge in [0.15, 0.2) is 5.82 Å². The second-order valence-corrected chi connectivity index (χ2v) is 10.5. The monoisotopic (exact) mass is 519 g/mol. The van der Waals surface area contributed by atoms with Gasteiger partial charge in [0.2, 0.25) is 5.95 Å². The van der Waals surface area contributed by atoms with Crippen LogP contribution in [0.4, 0.5) is 28.8 Å². The van der Waals surface area contributed by atoms with Gasteiger partial charge in [-0.05, 0) is 88.1 Å². The van der Waals surface area contributed by atoms with Gasteiger partial charge < -0.3 is 25.8 Å². The number of hydrogen-bond acceptors (Lipinski definition) is 7. The highest BCUT2D eigenvalue weighted by atomic mass is 35.5. The molecule has 0 radical (unpaired) electrons. The molecule has 2 aliphatic rings. The lowest BCUT2D eigenvalue weighted by atomic mass is 9.99. The summed E-state index contributed by atoms with van der Waals surface area (Å²) in [7, 11) is 1.93. The van der Waals surface area contributed by atoms with E-state index in [1.165, 1.54) is 56.4 Å². The molecule has 0 spiro atoms. The van der Waals surface area contributed by atoms with E-state index in [1.54, 1.807) is 6.20 Å². The molecule has 196 valence electrons. The summed E-state index contributed by atoms with van der Waals surface area (Å²) in [6.45, 7) is 7.70. The first kappa shape index (κ1) is 25.8. The van der Waals surface area contributed by atoms with E-state index >= 15 is 0 Å². The van der Waals surface area contributed by atoms with Crippen LogP contribution in [0.15, 0.2) is 48.7 Å². The van der Waals surface area contributed by atoms with E-state index < -0.39 is 0 Å². The number of piperidine rings is 2. The Hall–Kier alpha value is -2.87. The number of rotatable bonds is 8. The van der Waals surface area contributed by atoms with Crippen LogP contribution in [0.5, 0.6) is 0 Å². The fourth-order valence-corrected chi connectivity index (χ4v) is 5.65. The molecule has 0 bridgehead atoms. The van der Waals surface area contributed by atoms with Crippen molar-refractivity contribution in [3.63, 3.8) is 0 Å². The third kappa shape index (κ3) is 6.35. The lowest BCUT2D eigenvalue weighted by Crippen LogP contribution is -2.46. The number of nitrogens with one attached hydrogen (secondary N) is 3. The van der Waals surface area contributed by atoms with Crippen LogP contribution in [0.1, 0.15) is 43.2 Å². The number of hydrogen-bond donors (Lipinski definition) is 3. The quantitative estimate of drug-likeness (QED) is 0.332. The first-order valence-corrected chi connectivity index (χ1v) is 13.9. The minimum absolute atomic E-state index is 0.477. The summed E-state index contributed by atoms with van der Waals surface area (Å²) in [4.78, 5) is 14.3. The molecule has 2 fully saturated rings. The Labute approximate surface area is 225 Å². The molecule has 0 saturated carbocycles. The smallest absolute Gasteiger partial charge is 0.229 e. The van der Waals surface area contributed by atoms with Crippen molar-refractivity contribution in [1.29, 1.82) is 0 Å². The summed E-state index contributed by atoms with van der Waals surface area (Å²) in [6.07, 6.45) is 8.28. The average Bonchev–Trinajstić information content (AvgIpc) is 2.93. The van der Waals surface area contributed by atoms with Gasteiger partial charge in [-0.25, -0.2) is 4.98 Å². The number of nitrogens with zero attached hydrogens (tertiary/aromatic N) is 4. The third-order valence-electron chi connectivity index (χ3n) is 7.57. The number of aryl methyl sites for hydroxylation is 1. The maximum Gasteiger partial charge on any atom is 0.229 e. The van der Waals surface area contributed by atoms with Crippen molar-refractivity contribution in [2.24, 2.45) is 0 Å². The van der Waals surface area contributed by atoms with Gasteiger partial charge >= 0.3 is 0 Å². The molecule has 3 aromatic rings. The number of halogens is 1. The van der Waals surface area contributed by atoms with Crippen molar-refractivity contribution >= 4 is 40.4 Å². The summed E-state index contributed by atoms with van der Waals surface area (Å²) in [5, 5.41) is 10.4. The number of benzene rings is 2. The molecule has 2 aliphatic heterocycles. The molecule has 7 nitrogen and oxygen atoms in total. The maximum absolute atomic E-state index is 6.44. The van der Waals surface area contributed by atoms with Crippen LogP contribution in [-0.2, 0) is 6.54 Å². The molecular formula is C29H38ClN7. The van der Waals surface area contributed by atoms with E-state index in [2.05, 4.69) is 66.9 Å². The zero-order chi connectivity index (χ0) is 25.6. The molecule has 2 saturated heterocycles. The predicted molar refractivity (Wildman–Crippen MR) is 155 cm³/mol. The minimum Gasteiger partial charge on any atom is -0.371 e. The lowest BCUT2D eigenvalue weighted by Gasteiger charge is -2.41. The molecule has 37 heavy (non-hydrogen) atoms. The zero-order valence-electron chi connectivity index (χ0n) is 21.9. The van der Waals surface area contributed by atoms with Gasteiger partial charge in [-0.1, -0.05) is 36.2 Å². The van der Waals surface area contributed by atoms with Crippen LogP contribution in [0.3, 0.4) is 0 Å². The third-order valence-corrected chi connectivity index (χ3v) is 7.85. The molecule has 0 atom stereocenters. The molecule has 2 aromatic carbocycles. The topological polar surface area (TPSA) is 68.4 Å². The Bertz CT molecular complexity index is 1190. The highest BCUT2D eigenvalue weighted by Crippen LogP contribution is 2.30. The zero-order valence-corrected chi connectivity index (χ0v) is 22.7. The van der Waals surface area contributed by atoms with E-state index in [0.717, 1.165) is 42.6 Å². The summed E-state index contributed by atoms with van der Waals surface area (Å²) < 4.78 is 0. The average molecular weight is 520 g/mol. The Balaban J connectivity index is 1.24. The number of aromatic nitrogens is 2. The maximum atomic E-state index is 6.44. The second-order valence-electron chi connectivity index (χ2n) is 10.1. The van der Waals surface area contributed by atoms with E-state index in [4.69, 9.17) is 11.6 Å². The second kappa shape index (κ2) is 12.1. The molecule has 8 heteroatoms. The van der Waals surface area contributed by atoms with Gasteiger partial charge in [0.05, 0.1) is 6.20 Å². The van der Waals surface area contributed by atoms with Gasteiger partial charge in [0.25, 0.3) is 0 Å². The fourth-order valence-electron chi connectivity index (χ4n) is 5.51.